The summed E-state index contributed by atoms with van der Waals surface area (Å²) in [4.78, 5) is 10.8. The van der Waals surface area contributed by atoms with Gasteiger partial charge in [0.25, 0.3) is 0 Å². The minimum absolute atomic E-state index is 0.348. The molecule has 0 aliphatic rings. The van der Waals surface area contributed by atoms with E-state index in [0.717, 1.165) is 21.0 Å². The Kier molecular flexibility index (Phi) is 2.36. The van der Waals surface area contributed by atoms with Crippen molar-refractivity contribution in [3.8, 4) is 0 Å². The Labute approximate surface area is 104 Å². The fourth-order valence-corrected chi connectivity index (χ4v) is 2.03. The van der Waals surface area contributed by atoms with Crippen LogP contribution >= 0.6 is 15.9 Å². The van der Waals surface area contributed by atoms with E-state index in [2.05, 4.69) is 26.1 Å². The minimum atomic E-state index is -0.546. The van der Waals surface area contributed by atoms with Gasteiger partial charge in [0.2, 0.25) is 5.89 Å². The SMILES string of the molecule is O=c1[nH]nc(Cc2coc3cc(Br)ccc23)o1. The van der Waals surface area contributed by atoms with Crippen LogP contribution in [0, 0.1) is 0 Å². The number of H-pyrrole nitrogens is 1. The molecular formula is C11H7BrN2O3. The number of benzene rings is 1. The summed E-state index contributed by atoms with van der Waals surface area (Å²) in [7, 11) is 0. The third-order valence-corrected chi connectivity index (χ3v) is 2.94. The molecule has 2 aromatic heterocycles. The van der Waals surface area contributed by atoms with Crippen molar-refractivity contribution in [2.24, 2.45) is 0 Å². The highest BCUT2D eigenvalue weighted by molar-refractivity contribution is 9.10. The summed E-state index contributed by atoms with van der Waals surface area (Å²) >= 11 is 3.37. The minimum Gasteiger partial charge on any atom is -0.464 e. The Morgan fingerprint density at radius 3 is 3.06 bits per heavy atom. The molecule has 6 heteroatoms. The molecule has 5 nitrogen and oxygen atoms in total. The zero-order valence-electron chi connectivity index (χ0n) is 8.57. The van der Waals surface area contributed by atoms with Crippen LogP contribution in [0.2, 0.25) is 0 Å². The Morgan fingerprint density at radius 1 is 1.41 bits per heavy atom. The summed E-state index contributed by atoms with van der Waals surface area (Å²) in [5.41, 5.74) is 1.72. The summed E-state index contributed by atoms with van der Waals surface area (Å²) in [5, 5.41) is 6.97. The van der Waals surface area contributed by atoms with Gasteiger partial charge in [0, 0.05) is 15.4 Å². The Balaban J connectivity index is 2.03. The maximum absolute atomic E-state index is 10.8. The van der Waals surface area contributed by atoms with E-state index in [1.165, 1.54) is 0 Å². The molecule has 0 aliphatic carbocycles. The molecule has 17 heavy (non-hydrogen) atoms. The lowest BCUT2D eigenvalue weighted by Gasteiger charge is -1.93. The van der Waals surface area contributed by atoms with Crippen LogP contribution in [0.1, 0.15) is 11.5 Å². The number of furan rings is 1. The molecule has 3 rings (SSSR count). The van der Waals surface area contributed by atoms with Crippen LogP contribution in [0.25, 0.3) is 11.0 Å². The predicted molar refractivity (Wildman–Crippen MR) is 63.8 cm³/mol. The number of halogens is 1. The Hall–Kier alpha value is -1.82. The molecular weight excluding hydrogens is 288 g/mol. The highest BCUT2D eigenvalue weighted by atomic mass is 79.9. The molecule has 2 heterocycles. The first kappa shape index (κ1) is 10.3. The van der Waals surface area contributed by atoms with Crippen molar-refractivity contribution in [1.29, 1.82) is 0 Å². The van der Waals surface area contributed by atoms with Gasteiger partial charge in [-0.2, -0.15) is 0 Å². The first-order valence-corrected chi connectivity index (χ1v) is 5.72. The number of nitrogens with zero attached hydrogens (tertiary/aromatic N) is 1. The van der Waals surface area contributed by atoms with Gasteiger partial charge in [-0.3, -0.25) is 0 Å². The van der Waals surface area contributed by atoms with Crippen LogP contribution < -0.4 is 5.76 Å². The topological polar surface area (TPSA) is 72.0 Å². The second kappa shape index (κ2) is 3.89. The van der Waals surface area contributed by atoms with E-state index in [4.69, 9.17) is 8.83 Å². The number of hydrogen-bond acceptors (Lipinski definition) is 4. The molecule has 0 saturated carbocycles. The number of aromatic amines is 1. The van der Waals surface area contributed by atoms with E-state index in [0.29, 0.717) is 12.3 Å². The molecule has 0 atom stereocenters. The highest BCUT2D eigenvalue weighted by Crippen LogP contribution is 2.25. The van der Waals surface area contributed by atoms with E-state index in [9.17, 15) is 4.79 Å². The summed E-state index contributed by atoms with van der Waals surface area (Å²) in [6, 6.07) is 5.77. The molecule has 86 valence electrons. The zero-order valence-corrected chi connectivity index (χ0v) is 10.2. The lowest BCUT2D eigenvalue weighted by molar-refractivity contribution is 0.471. The summed E-state index contributed by atoms with van der Waals surface area (Å²) < 4.78 is 11.2. The molecule has 1 aromatic carbocycles. The number of fused-ring (bicyclic) bond motifs is 1. The van der Waals surface area contributed by atoms with Gasteiger partial charge in [0.1, 0.15) is 5.58 Å². The molecule has 0 spiro atoms. The van der Waals surface area contributed by atoms with Crippen LogP contribution in [0.15, 0.2) is 42.6 Å². The summed E-state index contributed by atoms with van der Waals surface area (Å²) in [6.07, 6.45) is 2.07. The van der Waals surface area contributed by atoms with Crippen molar-refractivity contribution >= 4 is 26.9 Å². The van der Waals surface area contributed by atoms with Crippen molar-refractivity contribution in [1.82, 2.24) is 10.2 Å². The van der Waals surface area contributed by atoms with Gasteiger partial charge in [-0.1, -0.05) is 15.9 Å². The van der Waals surface area contributed by atoms with Gasteiger partial charge in [0.05, 0.1) is 12.7 Å². The Bertz CT molecular complexity index is 725. The molecule has 0 fully saturated rings. The number of aromatic nitrogens is 2. The van der Waals surface area contributed by atoms with E-state index in [1.54, 1.807) is 6.26 Å². The van der Waals surface area contributed by atoms with Crippen LogP contribution in [-0.4, -0.2) is 10.2 Å². The van der Waals surface area contributed by atoms with Crippen molar-refractivity contribution in [3.05, 3.63) is 50.9 Å². The molecule has 0 unspecified atom stereocenters. The van der Waals surface area contributed by atoms with Crippen LogP contribution in [0.4, 0.5) is 0 Å². The van der Waals surface area contributed by atoms with Crippen molar-refractivity contribution in [3.63, 3.8) is 0 Å². The van der Waals surface area contributed by atoms with E-state index in [-0.39, 0.29) is 0 Å². The average Bonchev–Trinajstić information content (AvgIpc) is 2.86. The number of rotatable bonds is 2. The van der Waals surface area contributed by atoms with E-state index < -0.39 is 5.76 Å². The molecule has 0 bridgehead atoms. The first-order chi connectivity index (χ1) is 8.22. The normalized spacial score (nSPS) is 11.1. The van der Waals surface area contributed by atoms with Gasteiger partial charge in [-0.05, 0) is 18.2 Å². The predicted octanol–water partition coefficient (Wildman–Crippen LogP) is 2.46. The van der Waals surface area contributed by atoms with E-state index in [1.807, 2.05) is 18.2 Å². The average molecular weight is 295 g/mol. The molecule has 3 aromatic rings. The molecule has 0 amide bonds. The number of hydrogen-bond donors (Lipinski definition) is 1. The maximum atomic E-state index is 10.8. The van der Waals surface area contributed by atoms with Gasteiger partial charge in [-0.15, -0.1) is 5.10 Å². The summed E-state index contributed by atoms with van der Waals surface area (Å²) in [5.74, 6) is -0.198. The second-order valence-corrected chi connectivity index (χ2v) is 4.50. The lowest BCUT2D eigenvalue weighted by atomic mass is 10.1. The molecule has 0 saturated heterocycles. The zero-order chi connectivity index (χ0) is 11.8. The quantitative estimate of drug-likeness (QED) is 0.788. The van der Waals surface area contributed by atoms with Crippen LogP contribution in [0.3, 0.4) is 0 Å². The fraction of sp³-hybridized carbons (Fsp3) is 0.0909. The standard InChI is InChI=1S/C11H7BrN2O3/c12-7-1-2-8-6(5-16-9(8)4-7)3-10-13-14-11(15)17-10/h1-2,4-5H,3H2,(H,14,15). The van der Waals surface area contributed by atoms with Crippen molar-refractivity contribution in [2.75, 3.05) is 0 Å². The maximum Gasteiger partial charge on any atom is 0.434 e. The number of nitrogens with one attached hydrogen (secondary N) is 1. The summed E-state index contributed by atoms with van der Waals surface area (Å²) in [6.45, 7) is 0. The van der Waals surface area contributed by atoms with E-state index >= 15 is 0 Å². The molecule has 0 radical (unpaired) electrons. The van der Waals surface area contributed by atoms with Crippen molar-refractivity contribution < 1.29 is 8.83 Å². The van der Waals surface area contributed by atoms with Crippen LogP contribution in [0.5, 0.6) is 0 Å². The third kappa shape index (κ3) is 1.91. The molecule has 1 N–H and O–H groups in total. The van der Waals surface area contributed by atoms with Gasteiger partial charge in [-0.25, -0.2) is 9.89 Å². The van der Waals surface area contributed by atoms with Crippen molar-refractivity contribution in [2.45, 2.75) is 6.42 Å². The Morgan fingerprint density at radius 2 is 2.29 bits per heavy atom. The highest BCUT2D eigenvalue weighted by Gasteiger charge is 2.10. The smallest absolute Gasteiger partial charge is 0.434 e. The van der Waals surface area contributed by atoms with Crippen LogP contribution in [-0.2, 0) is 6.42 Å². The second-order valence-electron chi connectivity index (χ2n) is 3.59. The fourth-order valence-electron chi connectivity index (χ4n) is 1.69. The molecule has 0 aliphatic heterocycles. The monoisotopic (exact) mass is 294 g/mol. The van der Waals surface area contributed by atoms with Gasteiger partial charge < -0.3 is 8.83 Å². The first-order valence-electron chi connectivity index (χ1n) is 4.92. The van der Waals surface area contributed by atoms with Gasteiger partial charge in [0.15, 0.2) is 0 Å². The third-order valence-electron chi connectivity index (χ3n) is 2.44. The van der Waals surface area contributed by atoms with Gasteiger partial charge >= 0.3 is 5.76 Å². The lowest BCUT2D eigenvalue weighted by Crippen LogP contribution is -1.93. The largest absolute Gasteiger partial charge is 0.464 e.